The summed E-state index contributed by atoms with van der Waals surface area (Å²) in [7, 11) is 0. The predicted molar refractivity (Wildman–Crippen MR) is 117 cm³/mol. The molecule has 0 aliphatic carbocycles. The molecule has 0 radical (unpaired) electrons. The van der Waals surface area contributed by atoms with E-state index in [4.69, 9.17) is 0 Å². The first kappa shape index (κ1) is 20.7. The summed E-state index contributed by atoms with van der Waals surface area (Å²) in [6.07, 6.45) is 0. The van der Waals surface area contributed by atoms with Gasteiger partial charge >= 0.3 is 0 Å². The van der Waals surface area contributed by atoms with Crippen LogP contribution in [0.3, 0.4) is 0 Å². The maximum Gasteiger partial charge on any atom is 0.234 e. The number of carbonyl (C=O) groups is 1. The molecule has 0 unspecified atom stereocenters. The molecule has 156 valence electrons. The van der Waals surface area contributed by atoms with E-state index in [1.54, 1.807) is 29.7 Å². The van der Waals surface area contributed by atoms with E-state index in [2.05, 4.69) is 15.5 Å². The van der Waals surface area contributed by atoms with Crippen molar-refractivity contribution in [3.8, 4) is 17.1 Å². The molecule has 4 rings (SSSR count). The molecule has 1 heterocycles. The molecule has 0 fully saturated rings. The van der Waals surface area contributed by atoms with E-state index in [9.17, 15) is 13.6 Å². The Kier molecular flexibility index (Phi) is 6.08. The van der Waals surface area contributed by atoms with Crippen molar-refractivity contribution in [2.24, 2.45) is 0 Å². The number of benzene rings is 3. The highest BCUT2D eigenvalue weighted by molar-refractivity contribution is 7.99. The van der Waals surface area contributed by atoms with Crippen molar-refractivity contribution >= 4 is 23.4 Å². The van der Waals surface area contributed by atoms with Crippen LogP contribution in [0.25, 0.3) is 17.1 Å². The van der Waals surface area contributed by atoms with Crippen molar-refractivity contribution in [2.45, 2.75) is 12.1 Å². The van der Waals surface area contributed by atoms with Crippen LogP contribution in [0.1, 0.15) is 5.56 Å². The maximum atomic E-state index is 14.0. The summed E-state index contributed by atoms with van der Waals surface area (Å²) in [6.45, 7) is 1.78. The number of aromatic nitrogens is 3. The number of nitrogens with one attached hydrogen (secondary N) is 1. The molecular weight excluding hydrogens is 418 g/mol. The summed E-state index contributed by atoms with van der Waals surface area (Å²) in [5, 5.41) is 11.6. The van der Waals surface area contributed by atoms with Gasteiger partial charge in [-0.2, -0.15) is 0 Å². The van der Waals surface area contributed by atoms with E-state index in [0.29, 0.717) is 16.5 Å². The summed E-state index contributed by atoms with van der Waals surface area (Å²) >= 11 is 1.18. The van der Waals surface area contributed by atoms with Gasteiger partial charge in [0, 0.05) is 11.3 Å². The SMILES string of the molecule is Cc1ccc(NC(=O)CSc2nnc(-c3ccc(F)cc3)n2-c2ccccc2)c(F)c1. The lowest BCUT2D eigenvalue weighted by atomic mass is 10.2. The lowest BCUT2D eigenvalue weighted by Crippen LogP contribution is -2.15. The number of amides is 1. The molecule has 1 amide bonds. The molecule has 31 heavy (non-hydrogen) atoms. The normalized spacial score (nSPS) is 10.8. The summed E-state index contributed by atoms with van der Waals surface area (Å²) < 4.78 is 29.2. The smallest absolute Gasteiger partial charge is 0.234 e. The molecule has 8 heteroatoms. The predicted octanol–water partition coefficient (Wildman–Crippen LogP) is 5.25. The van der Waals surface area contributed by atoms with Gasteiger partial charge < -0.3 is 5.32 Å². The Hall–Kier alpha value is -3.52. The van der Waals surface area contributed by atoms with Gasteiger partial charge in [0.1, 0.15) is 11.6 Å². The molecule has 0 aliphatic rings. The van der Waals surface area contributed by atoms with E-state index in [1.165, 1.54) is 36.0 Å². The van der Waals surface area contributed by atoms with Crippen LogP contribution < -0.4 is 5.32 Å². The number of thioether (sulfide) groups is 1. The average Bonchev–Trinajstić information content (AvgIpc) is 3.19. The molecule has 1 N–H and O–H groups in total. The number of para-hydroxylation sites is 1. The van der Waals surface area contributed by atoms with E-state index >= 15 is 0 Å². The molecule has 3 aromatic carbocycles. The Balaban J connectivity index is 1.58. The Morgan fingerprint density at radius 1 is 1.00 bits per heavy atom. The fraction of sp³-hybridized carbons (Fsp3) is 0.0870. The molecule has 0 bridgehead atoms. The minimum Gasteiger partial charge on any atom is -0.323 e. The van der Waals surface area contributed by atoms with Crippen molar-refractivity contribution < 1.29 is 13.6 Å². The number of halogens is 2. The van der Waals surface area contributed by atoms with Crippen LogP contribution in [-0.4, -0.2) is 26.4 Å². The fourth-order valence-electron chi connectivity index (χ4n) is 3.00. The van der Waals surface area contributed by atoms with Gasteiger partial charge in [-0.15, -0.1) is 10.2 Å². The second kappa shape index (κ2) is 9.09. The summed E-state index contributed by atoms with van der Waals surface area (Å²) in [5.74, 6) is -0.646. The zero-order valence-corrected chi connectivity index (χ0v) is 17.4. The highest BCUT2D eigenvalue weighted by Crippen LogP contribution is 2.28. The molecule has 5 nitrogen and oxygen atoms in total. The second-order valence-electron chi connectivity index (χ2n) is 6.80. The third kappa shape index (κ3) is 4.80. The third-order valence-electron chi connectivity index (χ3n) is 4.48. The number of nitrogens with zero attached hydrogens (tertiary/aromatic N) is 3. The molecule has 0 spiro atoms. The van der Waals surface area contributed by atoms with E-state index in [-0.39, 0.29) is 23.2 Å². The van der Waals surface area contributed by atoms with E-state index in [0.717, 1.165) is 11.3 Å². The molecule has 4 aromatic rings. The molecular formula is C23H18F2N4OS. The van der Waals surface area contributed by atoms with Crippen LogP contribution in [-0.2, 0) is 4.79 Å². The molecule has 0 aliphatic heterocycles. The highest BCUT2D eigenvalue weighted by Gasteiger charge is 2.17. The number of hydrogen-bond donors (Lipinski definition) is 1. The Bertz CT molecular complexity index is 1210. The van der Waals surface area contributed by atoms with Crippen molar-refractivity contribution in [3.63, 3.8) is 0 Å². The van der Waals surface area contributed by atoms with Gasteiger partial charge in [-0.25, -0.2) is 8.78 Å². The number of hydrogen-bond acceptors (Lipinski definition) is 4. The van der Waals surface area contributed by atoms with Crippen molar-refractivity contribution in [2.75, 3.05) is 11.1 Å². The number of aryl methyl sites for hydroxylation is 1. The Labute approximate surface area is 182 Å². The monoisotopic (exact) mass is 436 g/mol. The van der Waals surface area contributed by atoms with E-state index in [1.807, 2.05) is 30.3 Å². The van der Waals surface area contributed by atoms with Crippen LogP contribution in [0.15, 0.2) is 78.0 Å². The van der Waals surface area contributed by atoms with Crippen LogP contribution in [0.4, 0.5) is 14.5 Å². The zero-order valence-electron chi connectivity index (χ0n) is 16.5. The fourth-order valence-corrected chi connectivity index (χ4v) is 3.75. The van der Waals surface area contributed by atoms with Crippen LogP contribution in [0.5, 0.6) is 0 Å². The lowest BCUT2D eigenvalue weighted by Gasteiger charge is -2.11. The van der Waals surface area contributed by atoms with Gasteiger partial charge in [-0.3, -0.25) is 9.36 Å². The highest BCUT2D eigenvalue weighted by atomic mass is 32.2. The van der Waals surface area contributed by atoms with Gasteiger partial charge in [0.15, 0.2) is 11.0 Å². The van der Waals surface area contributed by atoms with Gasteiger partial charge in [0.05, 0.1) is 11.4 Å². The third-order valence-corrected chi connectivity index (χ3v) is 5.41. The largest absolute Gasteiger partial charge is 0.323 e. The molecule has 0 saturated heterocycles. The van der Waals surface area contributed by atoms with Gasteiger partial charge in [-0.1, -0.05) is 36.0 Å². The van der Waals surface area contributed by atoms with Crippen molar-refractivity contribution in [1.29, 1.82) is 0 Å². The van der Waals surface area contributed by atoms with Crippen LogP contribution in [0.2, 0.25) is 0 Å². The molecule has 1 aromatic heterocycles. The van der Waals surface area contributed by atoms with Crippen LogP contribution >= 0.6 is 11.8 Å². The zero-order chi connectivity index (χ0) is 21.8. The van der Waals surface area contributed by atoms with Gasteiger partial charge in [-0.05, 0) is 61.0 Å². The number of carbonyl (C=O) groups excluding carboxylic acids is 1. The average molecular weight is 436 g/mol. The minimum atomic E-state index is -0.482. The second-order valence-corrected chi connectivity index (χ2v) is 7.75. The van der Waals surface area contributed by atoms with Gasteiger partial charge in [0.25, 0.3) is 0 Å². The molecule has 0 atom stereocenters. The Morgan fingerprint density at radius 3 is 2.45 bits per heavy atom. The Morgan fingerprint density at radius 2 is 1.74 bits per heavy atom. The topological polar surface area (TPSA) is 59.8 Å². The summed E-state index contributed by atoms with van der Waals surface area (Å²) in [4.78, 5) is 12.4. The first-order valence-corrected chi connectivity index (χ1v) is 10.5. The number of rotatable bonds is 6. The minimum absolute atomic E-state index is 0.0156. The quantitative estimate of drug-likeness (QED) is 0.419. The lowest BCUT2D eigenvalue weighted by molar-refractivity contribution is -0.113. The maximum absolute atomic E-state index is 14.0. The standard InChI is InChI=1S/C23H18F2N4OS/c1-15-7-12-20(19(25)13-15)26-21(30)14-31-23-28-27-22(16-8-10-17(24)11-9-16)29(23)18-5-3-2-4-6-18/h2-13H,14H2,1H3,(H,26,30). The van der Waals surface area contributed by atoms with Crippen molar-refractivity contribution in [3.05, 3.63) is 90.0 Å². The first-order valence-electron chi connectivity index (χ1n) is 9.47. The molecule has 0 saturated carbocycles. The van der Waals surface area contributed by atoms with Crippen LogP contribution in [0, 0.1) is 18.6 Å². The van der Waals surface area contributed by atoms with Crippen molar-refractivity contribution in [1.82, 2.24) is 14.8 Å². The summed E-state index contributed by atoms with van der Waals surface area (Å²) in [5.41, 5.74) is 2.40. The number of anilines is 1. The van der Waals surface area contributed by atoms with Gasteiger partial charge in [0.2, 0.25) is 5.91 Å². The summed E-state index contributed by atoms with van der Waals surface area (Å²) in [6, 6.07) is 20.0. The first-order chi connectivity index (χ1) is 15.0. The van der Waals surface area contributed by atoms with E-state index < -0.39 is 5.82 Å².